The molecule has 0 N–H and O–H groups in total. The van der Waals surface area contributed by atoms with E-state index < -0.39 is 11.9 Å². The van der Waals surface area contributed by atoms with Gasteiger partial charge < -0.3 is 14.4 Å². The molecule has 10 heteroatoms. The summed E-state index contributed by atoms with van der Waals surface area (Å²) in [5, 5.41) is 0. The van der Waals surface area contributed by atoms with E-state index in [1.165, 1.54) is 4.90 Å². The summed E-state index contributed by atoms with van der Waals surface area (Å²) in [6.07, 6.45) is 0.939. The molecule has 2 aliphatic heterocycles. The highest BCUT2D eigenvalue weighted by atomic mass is 79.9. The maximum Gasteiger partial charge on any atom is 0.316 e. The number of alkyl halides is 2. The molecule has 2 heterocycles. The van der Waals surface area contributed by atoms with Crippen LogP contribution in [0.25, 0.3) is 0 Å². The number of ether oxygens (including phenoxy) is 2. The fraction of sp³-hybridized carbons (Fsp3) is 0.448. The van der Waals surface area contributed by atoms with Crippen molar-refractivity contribution in [3.8, 4) is 11.5 Å². The minimum Gasteiger partial charge on any atom is -0.494 e. The summed E-state index contributed by atoms with van der Waals surface area (Å²) in [6.45, 7) is 4.48. The van der Waals surface area contributed by atoms with Crippen molar-refractivity contribution in [2.24, 2.45) is 29.6 Å². The number of aryl methyl sites for hydroxylation is 1. The number of hydrogen-bond acceptors (Lipinski definition) is 6. The van der Waals surface area contributed by atoms with E-state index in [0.29, 0.717) is 29.3 Å². The molecule has 2 aromatic rings. The Morgan fingerprint density at radius 3 is 2.15 bits per heavy atom. The van der Waals surface area contributed by atoms with Crippen LogP contribution in [0.15, 0.2) is 42.5 Å². The minimum atomic E-state index is -0.602. The van der Waals surface area contributed by atoms with Gasteiger partial charge in [0.2, 0.25) is 17.7 Å². The molecule has 2 saturated carbocycles. The predicted molar refractivity (Wildman–Crippen MR) is 151 cm³/mol. The van der Waals surface area contributed by atoms with Gasteiger partial charge in [-0.05, 0) is 80.1 Å². The Labute approximate surface area is 243 Å². The summed E-state index contributed by atoms with van der Waals surface area (Å²) in [5.41, 5.74) is 1.89. The summed E-state index contributed by atoms with van der Waals surface area (Å²) >= 11 is 7.44. The Morgan fingerprint density at radius 1 is 0.949 bits per heavy atom. The van der Waals surface area contributed by atoms with Crippen LogP contribution in [0.2, 0.25) is 0 Å². The van der Waals surface area contributed by atoms with Crippen molar-refractivity contribution >= 4 is 66.9 Å². The number of amides is 3. The summed E-state index contributed by atoms with van der Waals surface area (Å²) in [7, 11) is 0. The number of benzene rings is 2. The van der Waals surface area contributed by atoms with Crippen molar-refractivity contribution in [2.75, 3.05) is 23.0 Å². The third-order valence-corrected chi connectivity index (χ3v) is 11.7. The van der Waals surface area contributed by atoms with Gasteiger partial charge in [0.15, 0.2) is 0 Å². The number of rotatable bonds is 6. The van der Waals surface area contributed by atoms with Crippen molar-refractivity contribution < 1.29 is 28.7 Å². The maximum atomic E-state index is 13.4. The van der Waals surface area contributed by atoms with Gasteiger partial charge in [0.25, 0.3) is 0 Å². The molecule has 8 nitrogen and oxygen atoms in total. The second kappa shape index (κ2) is 10.0. The molecule has 4 fully saturated rings. The van der Waals surface area contributed by atoms with E-state index in [1.54, 1.807) is 54.3 Å². The molecular weight excluding hydrogens is 632 g/mol. The molecule has 3 amide bonds. The lowest BCUT2D eigenvalue weighted by atomic mass is 9.81. The molecule has 2 bridgehead atoms. The van der Waals surface area contributed by atoms with Crippen molar-refractivity contribution in [3.05, 3.63) is 48.0 Å². The first-order valence-electron chi connectivity index (χ1n) is 13.2. The molecule has 2 saturated heterocycles. The highest BCUT2D eigenvalue weighted by molar-refractivity contribution is 9.12. The van der Waals surface area contributed by atoms with E-state index >= 15 is 0 Å². The second-order valence-corrected chi connectivity index (χ2v) is 12.8. The smallest absolute Gasteiger partial charge is 0.316 e. The van der Waals surface area contributed by atoms with Crippen LogP contribution in [0.5, 0.6) is 11.5 Å². The molecule has 0 unspecified atom stereocenters. The molecule has 0 radical (unpaired) electrons. The number of carbonyl (C=O) groups is 4. The lowest BCUT2D eigenvalue weighted by molar-refractivity contribution is -0.139. The van der Waals surface area contributed by atoms with Crippen molar-refractivity contribution in [3.63, 3.8) is 0 Å². The first-order valence-corrected chi connectivity index (χ1v) is 15.0. The highest BCUT2D eigenvalue weighted by Crippen LogP contribution is 2.60. The van der Waals surface area contributed by atoms with Crippen LogP contribution in [0.4, 0.5) is 11.4 Å². The topological polar surface area (TPSA) is 93.2 Å². The molecule has 2 aliphatic carbocycles. The molecule has 204 valence electrons. The Morgan fingerprint density at radius 2 is 1.56 bits per heavy atom. The van der Waals surface area contributed by atoms with Gasteiger partial charge in [-0.3, -0.25) is 19.2 Å². The monoisotopic (exact) mass is 658 g/mol. The van der Waals surface area contributed by atoms with Crippen LogP contribution in [-0.2, 0) is 19.2 Å². The quantitative estimate of drug-likeness (QED) is 0.194. The summed E-state index contributed by atoms with van der Waals surface area (Å²) < 4.78 is 11.1. The Kier molecular flexibility index (Phi) is 6.82. The third-order valence-electron chi connectivity index (χ3n) is 8.53. The standard InChI is InChI=1S/C29H28Br2N2O6/c1-3-38-17-6-4-16(5-7-17)32-13-15(11-22(32)34)29(37)39-18-8-9-21(14(2)10-18)33-27(35)23-19-12-20(24(23)28(33)36)26(31)25(19)30/h4-10,15,19-20,23-26H,3,11-13H2,1-2H3/t15-,19-,20-,23-,24+,25-,26+/m1/s1. The van der Waals surface area contributed by atoms with Gasteiger partial charge in [-0.2, -0.15) is 0 Å². The van der Waals surface area contributed by atoms with Gasteiger partial charge in [0.05, 0.1) is 30.0 Å². The average molecular weight is 660 g/mol. The molecule has 4 aliphatic rings. The van der Waals surface area contributed by atoms with E-state index in [-0.39, 0.29) is 64.0 Å². The normalized spacial score (nSPS) is 31.3. The lowest BCUT2D eigenvalue weighted by Gasteiger charge is -2.28. The second-order valence-electron chi connectivity index (χ2n) is 10.7. The van der Waals surface area contributed by atoms with Gasteiger partial charge in [0, 0.05) is 28.3 Å². The average Bonchev–Trinajstić information content (AvgIpc) is 3.63. The van der Waals surface area contributed by atoms with Gasteiger partial charge in [0.1, 0.15) is 11.5 Å². The first-order chi connectivity index (χ1) is 18.7. The van der Waals surface area contributed by atoms with E-state index in [9.17, 15) is 19.2 Å². The number of esters is 1. The van der Waals surface area contributed by atoms with Crippen LogP contribution in [0.1, 0.15) is 25.3 Å². The Balaban J connectivity index is 1.13. The number of halogens is 2. The van der Waals surface area contributed by atoms with Crippen molar-refractivity contribution in [2.45, 2.75) is 36.3 Å². The van der Waals surface area contributed by atoms with Gasteiger partial charge >= 0.3 is 5.97 Å². The Bertz CT molecular complexity index is 1330. The van der Waals surface area contributed by atoms with Crippen molar-refractivity contribution in [1.29, 1.82) is 0 Å². The van der Waals surface area contributed by atoms with E-state index in [4.69, 9.17) is 9.47 Å². The minimum absolute atomic E-state index is 0.0636. The molecule has 2 aromatic carbocycles. The maximum absolute atomic E-state index is 13.4. The molecule has 0 spiro atoms. The van der Waals surface area contributed by atoms with E-state index in [2.05, 4.69) is 31.9 Å². The fourth-order valence-corrected chi connectivity index (χ4v) is 8.61. The number of imide groups is 1. The lowest BCUT2D eigenvalue weighted by Crippen LogP contribution is -2.37. The number of nitrogens with zero attached hydrogens (tertiary/aromatic N) is 2. The zero-order valence-electron chi connectivity index (χ0n) is 21.5. The number of fused-ring (bicyclic) bond motifs is 5. The number of carbonyl (C=O) groups excluding carboxylic acids is 4. The molecule has 6 rings (SSSR count). The molecule has 7 atom stereocenters. The fourth-order valence-electron chi connectivity index (χ4n) is 6.73. The number of anilines is 2. The van der Waals surface area contributed by atoms with E-state index in [0.717, 1.165) is 12.2 Å². The SMILES string of the molecule is CCOc1ccc(N2C[C@H](C(=O)Oc3ccc(N4C(=O)[C@@H]5[C@H]6C[C@@H]([C@H](Br)[C@@H]6Br)[C@@H]5C4=O)c(C)c3)CC2=O)cc1. The Hall–Kier alpha value is -2.72. The molecule has 39 heavy (non-hydrogen) atoms. The van der Waals surface area contributed by atoms with Crippen molar-refractivity contribution in [1.82, 2.24) is 0 Å². The predicted octanol–water partition coefficient (Wildman–Crippen LogP) is 4.63. The largest absolute Gasteiger partial charge is 0.494 e. The van der Waals surface area contributed by atoms with E-state index in [1.807, 2.05) is 6.92 Å². The highest BCUT2D eigenvalue weighted by Gasteiger charge is 2.66. The van der Waals surface area contributed by atoms with Crippen LogP contribution in [0.3, 0.4) is 0 Å². The number of hydrogen-bond donors (Lipinski definition) is 0. The summed E-state index contributed by atoms with van der Waals surface area (Å²) in [4.78, 5) is 55.7. The molecule has 0 aromatic heterocycles. The zero-order valence-corrected chi connectivity index (χ0v) is 24.7. The van der Waals surface area contributed by atoms with Gasteiger partial charge in [-0.15, -0.1) is 0 Å². The van der Waals surface area contributed by atoms with Crippen LogP contribution in [0, 0.1) is 36.5 Å². The van der Waals surface area contributed by atoms with Gasteiger partial charge in [-0.1, -0.05) is 31.9 Å². The molecular formula is C29H28Br2N2O6. The third kappa shape index (κ3) is 4.30. The zero-order chi connectivity index (χ0) is 27.6. The van der Waals surface area contributed by atoms with Crippen LogP contribution in [-0.4, -0.2) is 46.5 Å². The van der Waals surface area contributed by atoms with Crippen LogP contribution >= 0.6 is 31.9 Å². The summed E-state index contributed by atoms with van der Waals surface area (Å²) in [6, 6.07) is 12.1. The van der Waals surface area contributed by atoms with Crippen LogP contribution < -0.4 is 19.3 Å². The van der Waals surface area contributed by atoms with Gasteiger partial charge in [-0.25, -0.2) is 4.90 Å². The summed E-state index contributed by atoms with van der Waals surface area (Å²) in [5.74, 6) is -0.804. The first kappa shape index (κ1) is 26.5.